The van der Waals surface area contributed by atoms with Crippen LogP contribution in [0.15, 0.2) is 84.2 Å². The topological polar surface area (TPSA) is 158 Å². The third-order valence-corrected chi connectivity index (χ3v) is 14.4. The van der Waals surface area contributed by atoms with E-state index in [4.69, 9.17) is 24.2 Å². The number of aromatic nitrogens is 8. The summed E-state index contributed by atoms with van der Waals surface area (Å²) in [7, 11) is 1.73. The maximum Gasteiger partial charge on any atom is 0.410 e. The van der Waals surface area contributed by atoms with Gasteiger partial charge >= 0.3 is 17.8 Å². The highest BCUT2D eigenvalue weighted by Gasteiger charge is 2.48. The number of amides is 1. The molecule has 352 valence electrons. The first-order chi connectivity index (χ1) is 33.4. The summed E-state index contributed by atoms with van der Waals surface area (Å²) in [5.74, 6) is 1.05. The number of anilines is 1. The molecule has 3 fully saturated rings. The van der Waals surface area contributed by atoms with Crippen LogP contribution in [0.5, 0.6) is 11.8 Å². The number of rotatable bonds is 10. The summed E-state index contributed by atoms with van der Waals surface area (Å²) in [5.41, 5.74) is 8.82. The first-order valence-corrected chi connectivity index (χ1v) is 23.9. The molecule has 2 aliphatic carbocycles. The minimum Gasteiger partial charge on any atom is -0.486 e. The molecular formula is C53H53FN10O5. The number of H-pyrrole nitrogens is 1. The second kappa shape index (κ2) is 16.4. The number of likely N-dealkylation sites (tertiary alicyclic amines) is 1. The second-order valence-corrected chi connectivity index (χ2v) is 20.1. The molecule has 1 saturated carbocycles. The number of nitrogens with one attached hydrogen (secondary N) is 1. The van der Waals surface area contributed by atoms with E-state index in [-0.39, 0.29) is 54.3 Å². The molecule has 0 radical (unpaired) electrons. The molecule has 1 N–H and O–H groups in total. The Kier molecular flexibility index (Phi) is 10.2. The Balaban J connectivity index is 1.00. The lowest BCUT2D eigenvalue weighted by Crippen LogP contribution is -2.50. The van der Waals surface area contributed by atoms with Crippen LogP contribution < -0.4 is 20.1 Å². The van der Waals surface area contributed by atoms with Crippen LogP contribution in [-0.2, 0) is 31.4 Å². The Morgan fingerprint density at radius 1 is 0.928 bits per heavy atom. The molecule has 2 bridgehead atoms. The minimum atomic E-state index is -0.616. The molecule has 4 aliphatic rings. The highest BCUT2D eigenvalue weighted by molar-refractivity contribution is 6.06. The molecule has 3 aromatic carbocycles. The monoisotopic (exact) mass is 928 g/mol. The predicted molar refractivity (Wildman–Crippen MR) is 259 cm³/mol. The smallest absolute Gasteiger partial charge is 0.410 e. The molecule has 16 heteroatoms. The molecular weight excluding hydrogens is 876 g/mol. The van der Waals surface area contributed by atoms with Crippen LogP contribution in [0.3, 0.4) is 0 Å². The van der Waals surface area contributed by atoms with E-state index in [1.165, 1.54) is 6.07 Å². The van der Waals surface area contributed by atoms with E-state index < -0.39 is 5.60 Å². The Morgan fingerprint density at radius 2 is 1.75 bits per heavy atom. The number of hydrogen-bond donors (Lipinski definition) is 1. The SMILES string of the molecule is Cc1c(F)cc2[nH]ncc2c1-c1c(C2CC2)cc2c(N3C[C@@H]4C[C@H]3CN4C(=O)OC(C)(C)C)nc(O[C@@H]3CCCc4cnccc43)nc2c1OCc1ccc(Cn2c(=O)n(C)c3ncccc32)cc1. The van der Waals surface area contributed by atoms with Gasteiger partial charge in [-0.25, -0.2) is 19.0 Å². The van der Waals surface area contributed by atoms with Crippen molar-refractivity contribution in [3.8, 4) is 22.9 Å². The predicted octanol–water partition coefficient (Wildman–Crippen LogP) is 9.22. The van der Waals surface area contributed by atoms with Crippen LogP contribution >= 0.6 is 0 Å². The average molecular weight is 929 g/mol. The van der Waals surface area contributed by atoms with Crippen molar-refractivity contribution in [2.45, 2.75) is 109 Å². The fourth-order valence-corrected chi connectivity index (χ4v) is 10.9. The fraction of sp³-hybridized carbons (Fsp3) is 0.377. The van der Waals surface area contributed by atoms with E-state index in [9.17, 15) is 9.59 Å². The average Bonchev–Trinajstić information content (AvgIpc) is 3.60. The van der Waals surface area contributed by atoms with Crippen molar-refractivity contribution < 1.29 is 23.4 Å². The van der Waals surface area contributed by atoms with E-state index in [1.807, 2.05) is 81.3 Å². The molecule has 0 unspecified atom stereocenters. The van der Waals surface area contributed by atoms with Gasteiger partial charge in [0.2, 0.25) is 0 Å². The fourth-order valence-electron chi connectivity index (χ4n) is 10.9. The van der Waals surface area contributed by atoms with E-state index in [0.29, 0.717) is 59.0 Å². The van der Waals surface area contributed by atoms with Gasteiger partial charge < -0.3 is 24.0 Å². The number of carbonyl (C=O) groups excluding carboxylic acids is 1. The number of benzene rings is 3. The molecule has 7 heterocycles. The molecule has 8 aromatic rings. The Hall–Kier alpha value is -7.36. The summed E-state index contributed by atoms with van der Waals surface area (Å²) in [5, 5.41) is 8.97. The van der Waals surface area contributed by atoms with Crippen LogP contribution in [0.25, 0.3) is 44.1 Å². The van der Waals surface area contributed by atoms with Crippen molar-refractivity contribution in [2.24, 2.45) is 7.05 Å². The van der Waals surface area contributed by atoms with Crippen molar-refractivity contribution in [1.29, 1.82) is 0 Å². The first kappa shape index (κ1) is 43.0. The molecule has 2 aliphatic heterocycles. The van der Waals surface area contributed by atoms with E-state index >= 15 is 4.39 Å². The van der Waals surface area contributed by atoms with Crippen LogP contribution in [0.1, 0.15) is 98.3 Å². The molecule has 5 aromatic heterocycles. The number of pyridine rings is 2. The number of imidazole rings is 1. The molecule has 1 amide bonds. The van der Waals surface area contributed by atoms with Crippen LogP contribution in [0, 0.1) is 12.7 Å². The zero-order chi connectivity index (χ0) is 47.3. The highest BCUT2D eigenvalue weighted by atomic mass is 19.1. The van der Waals surface area contributed by atoms with Crippen LogP contribution in [0.4, 0.5) is 15.0 Å². The molecule has 69 heavy (non-hydrogen) atoms. The van der Waals surface area contributed by atoms with Gasteiger partial charge in [-0.05, 0) is 136 Å². The van der Waals surface area contributed by atoms with Crippen LogP contribution in [0.2, 0.25) is 0 Å². The van der Waals surface area contributed by atoms with Crippen molar-refractivity contribution in [3.63, 3.8) is 0 Å². The van der Waals surface area contributed by atoms with E-state index in [0.717, 1.165) is 88.2 Å². The maximum atomic E-state index is 16.2. The standard InChI is InChI=1S/C53H53FN10O5/c1-29-40(54)22-41-39(24-57-60-41)44(29)45-37(32-15-16-32)21-38-46(47(45)67-28-31-13-11-30(12-14-31)25-64-42-9-7-18-56-49(42)61(5)51(64)65)58-50(68-43-10-6-8-33-23-55-19-17-36(33)43)59-48(38)62-26-35-20-34(62)27-63(35)52(66)69-53(2,3)4/h7,9,11-14,17-19,21-24,32,34-35,43H,6,8,10,15-16,20,25-28H2,1-5H3,(H,57,60)/t34-,35-,43+/m0/s1. The number of nitrogens with zero attached hydrogens (tertiary/aromatic N) is 9. The molecule has 3 atom stereocenters. The molecule has 2 saturated heterocycles. The number of fused-ring (bicyclic) bond motifs is 6. The molecule has 12 rings (SSSR count). The van der Waals surface area contributed by atoms with E-state index in [1.54, 1.807) is 34.8 Å². The van der Waals surface area contributed by atoms with Gasteiger partial charge in [0.15, 0.2) is 11.4 Å². The summed E-state index contributed by atoms with van der Waals surface area (Å²) in [6.45, 7) is 9.05. The Morgan fingerprint density at radius 3 is 2.54 bits per heavy atom. The van der Waals surface area contributed by atoms with E-state index in [2.05, 4.69) is 31.1 Å². The van der Waals surface area contributed by atoms with Gasteiger partial charge in [-0.2, -0.15) is 15.1 Å². The number of aryl methyl sites for hydroxylation is 2. The maximum absolute atomic E-state index is 16.2. The zero-order valence-corrected chi connectivity index (χ0v) is 39.3. The summed E-state index contributed by atoms with van der Waals surface area (Å²) >= 11 is 0. The molecule has 0 spiro atoms. The van der Waals surface area contributed by atoms with Gasteiger partial charge in [0, 0.05) is 60.6 Å². The highest BCUT2D eigenvalue weighted by Crippen LogP contribution is 2.54. The number of piperazine rings is 1. The van der Waals surface area contributed by atoms with Gasteiger partial charge in [0.25, 0.3) is 0 Å². The van der Waals surface area contributed by atoms with Gasteiger partial charge in [0.05, 0.1) is 35.9 Å². The zero-order valence-electron chi connectivity index (χ0n) is 39.3. The lowest BCUT2D eigenvalue weighted by atomic mass is 9.88. The third kappa shape index (κ3) is 7.60. The first-order valence-electron chi connectivity index (χ1n) is 23.9. The second-order valence-electron chi connectivity index (χ2n) is 20.1. The quantitative estimate of drug-likeness (QED) is 0.139. The van der Waals surface area contributed by atoms with Gasteiger partial charge in [-0.1, -0.05) is 24.3 Å². The number of carbonyl (C=O) groups is 1. The largest absolute Gasteiger partial charge is 0.486 e. The van der Waals surface area contributed by atoms with Crippen molar-refractivity contribution in [1.82, 2.24) is 44.2 Å². The number of aromatic amines is 1. The Bertz CT molecular complexity index is 3410. The minimum absolute atomic E-state index is 0.0288. The lowest BCUT2D eigenvalue weighted by Gasteiger charge is -2.36. The van der Waals surface area contributed by atoms with Crippen molar-refractivity contribution >= 4 is 44.9 Å². The summed E-state index contributed by atoms with van der Waals surface area (Å²) in [6, 6.07) is 17.6. The van der Waals surface area contributed by atoms with Crippen molar-refractivity contribution in [2.75, 3.05) is 18.0 Å². The van der Waals surface area contributed by atoms with Gasteiger partial charge in [-0.3, -0.25) is 19.2 Å². The summed E-state index contributed by atoms with van der Waals surface area (Å²) in [6.07, 6.45) is 11.9. The Labute approximate surface area is 397 Å². The van der Waals surface area contributed by atoms with Crippen molar-refractivity contribution in [3.05, 3.63) is 129 Å². The summed E-state index contributed by atoms with van der Waals surface area (Å²) < 4.78 is 39.4. The number of hydrogen-bond acceptors (Lipinski definition) is 11. The van der Waals surface area contributed by atoms with Gasteiger partial charge in [-0.15, -0.1) is 0 Å². The summed E-state index contributed by atoms with van der Waals surface area (Å²) in [4.78, 5) is 50.4. The van der Waals surface area contributed by atoms with Crippen LogP contribution in [-0.4, -0.2) is 81.0 Å². The third-order valence-electron chi connectivity index (χ3n) is 14.4. The van der Waals surface area contributed by atoms with Gasteiger partial charge in [0.1, 0.15) is 35.5 Å². The normalized spacial score (nSPS) is 19.0. The molecule has 15 nitrogen and oxygen atoms in total. The number of ether oxygens (including phenoxy) is 3. The lowest BCUT2D eigenvalue weighted by molar-refractivity contribution is 0.0214. The number of halogens is 1.